The number of ketones is 1. The first-order chi connectivity index (χ1) is 9.40. The van der Waals surface area contributed by atoms with Crippen LogP contribution in [0.4, 0.5) is 0 Å². The number of carbonyl (C=O) groups is 1. The summed E-state index contributed by atoms with van der Waals surface area (Å²) in [5, 5.41) is 0.319. The zero-order valence-electron chi connectivity index (χ0n) is 10.2. The standard InChI is InChI=1S/C14H10BrClO3S/c15-13-7-2-1-6-12(13)14(17)9-20(18,19)11-5-3-4-10(16)8-11/h1-8H,9H2. The fourth-order valence-corrected chi connectivity index (χ4v) is 3.70. The number of sulfone groups is 1. The molecular formula is C14H10BrClO3S. The topological polar surface area (TPSA) is 51.2 Å². The van der Waals surface area contributed by atoms with Gasteiger partial charge in [-0.15, -0.1) is 0 Å². The SMILES string of the molecule is O=C(CS(=O)(=O)c1cccc(Cl)c1)c1ccccc1Br. The lowest BCUT2D eigenvalue weighted by molar-refractivity contribution is 0.102. The predicted molar refractivity (Wildman–Crippen MR) is 82.0 cm³/mol. The molecule has 0 aliphatic carbocycles. The van der Waals surface area contributed by atoms with Gasteiger partial charge in [0.25, 0.3) is 0 Å². The third-order valence-corrected chi connectivity index (χ3v) is 5.19. The minimum absolute atomic E-state index is 0.0467. The van der Waals surface area contributed by atoms with Crippen LogP contribution in [0.2, 0.25) is 5.02 Å². The average Bonchev–Trinajstić information content (AvgIpc) is 2.38. The molecule has 0 spiro atoms. The molecule has 0 aliphatic heterocycles. The van der Waals surface area contributed by atoms with Gasteiger partial charge in [-0.1, -0.05) is 51.8 Å². The summed E-state index contributed by atoms with van der Waals surface area (Å²) in [4.78, 5) is 12.1. The van der Waals surface area contributed by atoms with Crippen LogP contribution in [-0.2, 0) is 9.84 Å². The van der Waals surface area contributed by atoms with Gasteiger partial charge in [0.1, 0.15) is 5.75 Å². The lowest BCUT2D eigenvalue weighted by Gasteiger charge is -2.06. The molecule has 0 aliphatic rings. The summed E-state index contributed by atoms with van der Waals surface area (Å²) in [6.07, 6.45) is 0. The molecule has 0 radical (unpaired) electrons. The fraction of sp³-hybridized carbons (Fsp3) is 0.0714. The highest BCUT2D eigenvalue weighted by Crippen LogP contribution is 2.20. The highest BCUT2D eigenvalue weighted by Gasteiger charge is 2.21. The molecule has 2 aromatic carbocycles. The van der Waals surface area contributed by atoms with E-state index in [-0.39, 0.29) is 4.90 Å². The zero-order chi connectivity index (χ0) is 14.8. The van der Waals surface area contributed by atoms with E-state index in [0.29, 0.717) is 15.1 Å². The van der Waals surface area contributed by atoms with Crippen LogP contribution in [0.15, 0.2) is 57.9 Å². The molecule has 3 nitrogen and oxygen atoms in total. The van der Waals surface area contributed by atoms with E-state index in [1.165, 1.54) is 18.2 Å². The number of carbonyl (C=O) groups excluding carboxylic acids is 1. The van der Waals surface area contributed by atoms with Crippen molar-refractivity contribution in [2.75, 3.05) is 5.75 Å². The van der Waals surface area contributed by atoms with E-state index in [1.807, 2.05) is 0 Å². The van der Waals surface area contributed by atoms with Crippen molar-refractivity contribution in [3.63, 3.8) is 0 Å². The quantitative estimate of drug-likeness (QED) is 0.767. The maximum Gasteiger partial charge on any atom is 0.185 e. The highest BCUT2D eigenvalue weighted by molar-refractivity contribution is 9.10. The normalized spacial score (nSPS) is 11.3. The van der Waals surface area contributed by atoms with Crippen LogP contribution >= 0.6 is 27.5 Å². The van der Waals surface area contributed by atoms with Crippen molar-refractivity contribution >= 4 is 43.2 Å². The number of benzene rings is 2. The summed E-state index contributed by atoms with van der Waals surface area (Å²) in [6, 6.07) is 12.6. The second kappa shape index (κ2) is 6.08. The van der Waals surface area contributed by atoms with Crippen molar-refractivity contribution < 1.29 is 13.2 Å². The van der Waals surface area contributed by atoms with Crippen LogP contribution in [0.25, 0.3) is 0 Å². The van der Waals surface area contributed by atoms with Gasteiger partial charge in [-0.3, -0.25) is 4.79 Å². The molecule has 20 heavy (non-hydrogen) atoms. The summed E-state index contributed by atoms with van der Waals surface area (Å²) in [7, 11) is -3.70. The molecule has 0 atom stereocenters. The first-order valence-electron chi connectivity index (χ1n) is 5.66. The molecule has 0 N–H and O–H groups in total. The Bertz CT molecular complexity index is 757. The van der Waals surface area contributed by atoms with E-state index < -0.39 is 21.4 Å². The first kappa shape index (κ1) is 15.2. The van der Waals surface area contributed by atoms with Gasteiger partial charge in [0.05, 0.1) is 4.90 Å². The molecule has 0 fully saturated rings. The minimum Gasteiger partial charge on any atom is -0.293 e. The van der Waals surface area contributed by atoms with Crippen molar-refractivity contribution in [3.05, 3.63) is 63.6 Å². The molecule has 0 aromatic heterocycles. The molecule has 0 heterocycles. The van der Waals surface area contributed by atoms with Crippen LogP contribution in [0.1, 0.15) is 10.4 Å². The Kier molecular flexibility index (Phi) is 4.62. The van der Waals surface area contributed by atoms with Crippen molar-refractivity contribution in [3.8, 4) is 0 Å². The summed E-state index contributed by atoms with van der Waals surface area (Å²) in [6.45, 7) is 0. The lowest BCUT2D eigenvalue weighted by atomic mass is 10.1. The third kappa shape index (κ3) is 3.48. The summed E-state index contributed by atoms with van der Waals surface area (Å²) >= 11 is 9.01. The molecule has 104 valence electrons. The Labute approximate surface area is 130 Å². The number of hydrogen-bond donors (Lipinski definition) is 0. The van der Waals surface area contributed by atoms with E-state index in [1.54, 1.807) is 30.3 Å². The van der Waals surface area contributed by atoms with E-state index >= 15 is 0 Å². The third-order valence-electron chi connectivity index (χ3n) is 2.65. The van der Waals surface area contributed by atoms with Crippen molar-refractivity contribution in [1.29, 1.82) is 0 Å². The van der Waals surface area contributed by atoms with Gasteiger partial charge in [0.15, 0.2) is 15.6 Å². The van der Waals surface area contributed by atoms with Gasteiger partial charge in [-0.05, 0) is 24.3 Å². The molecule has 0 unspecified atom stereocenters. The van der Waals surface area contributed by atoms with Crippen LogP contribution in [0.3, 0.4) is 0 Å². The van der Waals surface area contributed by atoms with Crippen molar-refractivity contribution in [1.82, 2.24) is 0 Å². The van der Waals surface area contributed by atoms with Crippen LogP contribution in [-0.4, -0.2) is 20.0 Å². The molecular weight excluding hydrogens is 364 g/mol. The number of rotatable bonds is 4. The molecule has 2 aromatic rings. The van der Waals surface area contributed by atoms with E-state index in [0.717, 1.165) is 0 Å². The maximum absolute atomic E-state index is 12.2. The van der Waals surface area contributed by atoms with Gasteiger partial charge in [0.2, 0.25) is 0 Å². The monoisotopic (exact) mass is 372 g/mol. The first-order valence-corrected chi connectivity index (χ1v) is 8.48. The molecule has 0 amide bonds. The molecule has 2 rings (SSSR count). The van der Waals surface area contributed by atoms with E-state index in [2.05, 4.69) is 15.9 Å². The largest absolute Gasteiger partial charge is 0.293 e. The lowest BCUT2D eigenvalue weighted by Crippen LogP contribution is -2.16. The van der Waals surface area contributed by atoms with E-state index in [4.69, 9.17) is 11.6 Å². The highest BCUT2D eigenvalue weighted by atomic mass is 79.9. The number of halogens is 2. The number of Topliss-reactive ketones (excluding diaryl/α,β-unsaturated/α-hetero) is 1. The summed E-state index contributed by atoms with van der Waals surface area (Å²) in [5.41, 5.74) is 0.345. The summed E-state index contributed by atoms with van der Waals surface area (Å²) in [5.74, 6) is -1.05. The minimum atomic E-state index is -3.70. The molecule has 0 bridgehead atoms. The van der Waals surface area contributed by atoms with Gasteiger partial charge in [-0.2, -0.15) is 0 Å². The van der Waals surface area contributed by atoms with Crippen LogP contribution in [0.5, 0.6) is 0 Å². The fourth-order valence-electron chi connectivity index (χ4n) is 1.68. The molecule has 0 saturated heterocycles. The molecule has 0 saturated carbocycles. The van der Waals surface area contributed by atoms with Gasteiger partial charge in [0, 0.05) is 15.1 Å². The smallest absolute Gasteiger partial charge is 0.185 e. The Hall–Kier alpha value is -1.17. The maximum atomic E-state index is 12.2. The Morgan fingerprint density at radius 2 is 1.80 bits per heavy atom. The Morgan fingerprint density at radius 3 is 2.45 bits per heavy atom. The number of hydrogen-bond acceptors (Lipinski definition) is 3. The van der Waals surface area contributed by atoms with Gasteiger partial charge >= 0.3 is 0 Å². The van der Waals surface area contributed by atoms with Gasteiger partial charge < -0.3 is 0 Å². The van der Waals surface area contributed by atoms with E-state index in [9.17, 15) is 13.2 Å². The predicted octanol–water partition coefficient (Wildman–Crippen LogP) is 3.76. The van der Waals surface area contributed by atoms with Crippen LogP contribution in [0, 0.1) is 0 Å². The molecule has 6 heteroatoms. The van der Waals surface area contributed by atoms with Gasteiger partial charge in [-0.25, -0.2) is 8.42 Å². The second-order valence-corrected chi connectivity index (χ2v) is 7.40. The Balaban J connectivity index is 2.30. The van der Waals surface area contributed by atoms with Crippen molar-refractivity contribution in [2.45, 2.75) is 4.90 Å². The Morgan fingerprint density at radius 1 is 1.10 bits per heavy atom. The van der Waals surface area contributed by atoms with Crippen LogP contribution < -0.4 is 0 Å². The second-order valence-electron chi connectivity index (χ2n) is 4.12. The summed E-state index contributed by atoms with van der Waals surface area (Å²) < 4.78 is 24.9. The zero-order valence-corrected chi connectivity index (χ0v) is 13.4. The van der Waals surface area contributed by atoms with Crippen molar-refractivity contribution in [2.24, 2.45) is 0 Å². The average molecular weight is 374 g/mol.